The smallest absolute Gasteiger partial charge is 0.337 e. The van der Waals surface area contributed by atoms with Crippen LogP contribution >= 0.6 is 0 Å². The van der Waals surface area contributed by atoms with Crippen molar-refractivity contribution in [1.29, 1.82) is 0 Å². The van der Waals surface area contributed by atoms with Crippen molar-refractivity contribution in [2.75, 3.05) is 41.6 Å². The Morgan fingerprint density at radius 1 is 1.19 bits per heavy atom. The number of amides is 2. The highest BCUT2D eigenvalue weighted by molar-refractivity contribution is 5.95. The molecule has 0 fully saturated rings. The summed E-state index contributed by atoms with van der Waals surface area (Å²) in [5.74, 6) is 0.419. The number of nitrogens with zero attached hydrogens (tertiary/aromatic N) is 1. The normalized spacial score (nSPS) is 17.0. The lowest BCUT2D eigenvalue weighted by atomic mass is 9.94. The molecule has 0 saturated carbocycles. The number of allylic oxidation sites excluding steroid dienone is 1. The van der Waals surface area contributed by atoms with Crippen LogP contribution in [0, 0.1) is 0 Å². The summed E-state index contributed by atoms with van der Waals surface area (Å²) < 4.78 is 20.8. The fourth-order valence-corrected chi connectivity index (χ4v) is 2.98. The Kier molecular flexibility index (Phi) is 6.46. The zero-order valence-corrected chi connectivity index (χ0v) is 15.6. The lowest BCUT2D eigenvalue weighted by molar-refractivity contribution is -0.136. The summed E-state index contributed by atoms with van der Waals surface area (Å²) in [5.41, 5.74) is 1.44. The number of urea groups is 1. The maximum Gasteiger partial charge on any atom is 0.337 e. The van der Waals surface area contributed by atoms with Gasteiger partial charge in [-0.3, -0.25) is 4.90 Å². The molecule has 0 unspecified atom stereocenters. The maximum atomic E-state index is 12.6. The van der Waals surface area contributed by atoms with Crippen LogP contribution in [0.25, 0.3) is 0 Å². The molecule has 1 N–H and O–H groups in total. The van der Waals surface area contributed by atoms with Gasteiger partial charge in [0.2, 0.25) is 0 Å². The van der Waals surface area contributed by atoms with Gasteiger partial charge >= 0.3 is 12.0 Å². The van der Waals surface area contributed by atoms with Gasteiger partial charge in [-0.1, -0.05) is 12.1 Å². The quantitative estimate of drug-likeness (QED) is 0.744. The van der Waals surface area contributed by atoms with Gasteiger partial charge in [0, 0.05) is 18.4 Å². The third kappa shape index (κ3) is 3.60. The number of ether oxygens (including phenoxy) is 4. The van der Waals surface area contributed by atoms with E-state index in [0.29, 0.717) is 41.5 Å². The molecule has 26 heavy (non-hydrogen) atoms. The number of para-hydroxylation sites is 1. The number of nitrogens with one attached hydrogen (secondary N) is 1. The van der Waals surface area contributed by atoms with Crippen LogP contribution in [0.4, 0.5) is 4.79 Å². The highest BCUT2D eigenvalue weighted by Gasteiger charge is 2.37. The summed E-state index contributed by atoms with van der Waals surface area (Å²) >= 11 is 0. The second-order valence-electron chi connectivity index (χ2n) is 5.60. The van der Waals surface area contributed by atoms with Gasteiger partial charge in [0.1, 0.15) is 0 Å². The van der Waals surface area contributed by atoms with E-state index in [4.69, 9.17) is 18.9 Å². The van der Waals surface area contributed by atoms with Gasteiger partial charge in [0.15, 0.2) is 11.5 Å². The molecular weight excluding hydrogens is 340 g/mol. The van der Waals surface area contributed by atoms with Crippen LogP contribution in [0.3, 0.4) is 0 Å². The van der Waals surface area contributed by atoms with Gasteiger partial charge < -0.3 is 24.3 Å². The number of hydrogen-bond donors (Lipinski definition) is 1. The fraction of sp³-hybridized carbons (Fsp3) is 0.444. The number of esters is 1. The van der Waals surface area contributed by atoms with E-state index in [0.717, 1.165) is 0 Å². The van der Waals surface area contributed by atoms with Crippen LogP contribution in [0.15, 0.2) is 29.5 Å². The van der Waals surface area contributed by atoms with Crippen LogP contribution in [0.2, 0.25) is 0 Å². The second kappa shape index (κ2) is 8.57. The number of rotatable bonds is 7. The summed E-state index contributed by atoms with van der Waals surface area (Å²) in [6.07, 6.45) is 0. The van der Waals surface area contributed by atoms with Crippen molar-refractivity contribution in [3.05, 3.63) is 35.0 Å². The minimum Gasteiger partial charge on any atom is -0.493 e. The summed E-state index contributed by atoms with van der Waals surface area (Å²) in [5, 5.41) is 2.85. The molecule has 0 radical (unpaired) electrons. The molecule has 1 aliphatic rings. The Morgan fingerprint density at radius 3 is 2.50 bits per heavy atom. The zero-order valence-electron chi connectivity index (χ0n) is 15.6. The standard InChI is InChI=1S/C18H24N2O6/c1-11-14(17(21)26-5)15(19-18(22)20(11)9-10-23-2)12-7-6-8-13(24-3)16(12)25-4/h6-8,15H,9-10H2,1-5H3,(H,19,22)/t15-/m0/s1. The van der Waals surface area contributed by atoms with Gasteiger partial charge in [-0.05, 0) is 13.0 Å². The summed E-state index contributed by atoms with van der Waals surface area (Å²) in [4.78, 5) is 26.5. The van der Waals surface area contributed by atoms with E-state index in [2.05, 4.69) is 5.32 Å². The third-order valence-electron chi connectivity index (χ3n) is 4.27. The molecule has 1 heterocycles. The molecule has 0 aromatic heterocycles. The maximum absolute atomic E-state index is 12.6. The molecule has 8 nitrogen and oxygen atoms in total. The summed E-state index contributed by atoms with van der Waals surface area (Å²) in [6, 6.07) is 4.23. The van der Waals surface area contributed by atoms with Gasteiger partial charge in [-0.15, -0.1) is 0 Å². The van der Waals surface area contributed by atoms with Crippen LogP contribution < -0.4 is 14.8 Å². The van der Waals surface area contributed by atoms with E-state index in [1.54, 1.807) is 32.2 Å². The molecule has 0 saturated heterocycles. The van der Waals surface area contributed by atoms with E-state index < -0.39 is 12.0 Å². The summed E-state index contributed by atoms with van der Waals surface area (Å²) in [6.45, 7) is 2.36. The predicted octanol–water partition coefficient (Wildman–Crippen LogP) is 1.86. The van der Waals surface area contributed by atoms with Crippen LogP contribution in [0.1, 0.15) is 18.5 Å². The Labute approximate surface area is 152 Å². The molecule has 142 valence electrons. The average Bonchev–Trinajstić information content (AvgIpc) is 2.66. The lowest BCUT2D eigenvalue weighted by Crippen LogP contribution is -2.49. The topological polar surface area (TPSA) is 86.3 Å². The van der Waals surface area contributed by atoms with E-state index in [1.807, 2.05) is 0 Å². The van der Waals surface area contributed by atoms with Crippen LogP contribution in [-0.4, -0.2) is 58.5 Å². The van der Waals surface area contributed by atoms with E-state index in [1.165, 1.54) is 26.2 Å². The van der Waals surface area contributed by atoms with Crippen molar-refractivity contribution in [2.45, 2.75) is 13.0 Å². The first-order chi connectivity index (χ1) is 12.5. The van der Waals surface area contributed by atoms with Crippen molar-refractivity contribution in [3.63, 3.8) is 0 Å². The van der Waals surface area contributed by atoms with Gasteiger partial charge in [0.25, 0.3) is 0 Å². The Morgan fingerprint density at radius 2 is 1.92 bits per heavy atom. The van der Waals surface area contributed by atoms with Gasteiger partial charge in [-0.2, -0.15) is 0 Å². The first kappa shape index (κ1) is 19.6. The molecule has 1 aromatic carbocycles. The SMILES string of the molecule is COCCN1C(=O)N[C@@H](c2cccc(OC)c2OC)C(C(=O)OC)=C1C. The van der Waals surface area contributed by atoms with Crippen LogP contribution in [-0.2, 0) is 14.3 Å². The average molecular weight is 364 g/mol. The van der Waals surface area contributed by atoms with Crippen molar-refractivity contribution < 1.29 is 28.5 Å². The Hall–Kier alpha value is -2.74. The number of carbonyl (C=O) groups excluding carboxylic acids is 2. The van der Waals surface area contributed by atoms with Gasteiger partial charge in [0.05, 0.1) is 46.1 Å². The summed E-state index contributed by atoms with van der Waals surface area (Å²) in [7, 11) is 5.88. The Bertz CT molecular complexity index is 716. The third-order valence-corrected chi connectivity index (χ3v) is 4.27. The van der Waals surface area contributed by atoms with Crippen molar-refractivity contribution >= 4 is 12.0 Å². The number of carbonyl (C=O) groups is 2. The first-order valence-electron chi connectivity index (χ1n) is 8.07. The van der Waals surface area contributed by atoms with E-state index >= 15 is 0 Å². The number of hydrogen-bond acceptors (Lipinski definition) is 6. The largest absolute Gasteiger partial charge is 0.493 e. The molecule has 0 spiro atoms. The molecule has 8 heteroatoms. The molecule has 0 aliphatic carbocycles. The fourth-order valence-electron chi connectivity index (χ4n) is 2.98. The molecule has 1 aromatic rings. The molecule has 2 rings (SSSR count). The minimum absolute atomic E-state index is 0.316. The lowest BCUT2D eigenvalue weighted by Gasteiger charge is -2.35. The highest BCUT2D eigenvalue weighted by Crippen LogP contribution is 2.40. The molecular formula is C18H24N2O6. The molecule has 1 aliphatic heterocycles. The number of benzene rings is 1. The molecule has 0 bridgehead atoms. The molecule has 2 amide bonds. The van der Waals surface area contributed by atoms with E-state index in [9.17, 15) is 9.59 Å². The van der Waals surface area contributed by atoms with Crippen molar-refractivity contribution in [2.24, 2.45) is 0 Å². The number of methoxy groups -OCH3 is 4. The van der Waals surface area contributed by atoms with Crippen molar-refractivity contribution in [1.82, 2.24) is 10.2 Å². The highest BCUT2D eigenvalue weighted by atomic mass is 16.5. The van der Waals surface area contributed by atoms with Gasteiger partial charge in [-0.25, -0.2) is 9.59 Å². The van der Waals surface area contributed by atoms with Crippen LogP contribution in [0.5, 0.6) is 11.5 Å². The minimum atomic E-state index is -0.723. The predicted molar refractivity (Wildman–Crippen MR) is 94.1 cm³/mol. The Balaban J connectivity index is 2.59. The first-order valence-corrected chi connectivity index (χ1v) is 8.07. The van der Waals surface area contributed by atoms with Crippen molar-refractivity contribution in [3.8, 4) is 11.5 Å². The monoisotopic (exact) mass is 364 g/mol. The second-order valence-corrected chi connectivity index (χ2v) is 5.60. The zero-order chi connectivity index (χ0) is 19.3. The molecule has 1 atom stereocenters. The van der Waals surface area contributed by atoms with E-state index in [-0.39, 0.29) is 6.03 Å².